The second-order valence-electron chi connectivity index (χ2n) is 4.45. The Balaban J connectivity index is 2.58. The summed E-state index contributed by atoms with van der Waals surface area (Å²) in [6.45, 7) is 2.22. The summed E-state index contributed by atoms with van der Waals surface area (Å²) in [5, 5.41) is 13.3. The van der Waals surface area contributed by atoms with E-state index in [4.69, 9.17) is 5.11 Å². The van der Waals surface area contributed by atoms with Gasteiger partial charge in [0.1, 0.15) is 0 Å². The molecule has 4 N–H and O–H groups in total. The molecule has 22 heavy (non-hydrogen) atoms. The summed E-state index contributed by atoms with van der Waals surface area (Å²) in [6.07, 6.45) is 0.517. The highest BCUT2D eigenvalue weighted by molar-refractivity contribution is 7.89. The minimum atomic E-state index is -3.53. The molecule has 0 saturated heterocycles. The van der Waals surface area contributed by atoms with E-state index in [1.807, 2.05) is 6.92 Å². The van der Waals surface area contributed by atoms with Gasteiger partial charge in [-0.05, 0) is 30.7 Å². The molecule has 0 saturated carbocycles. The van der Waals surface area contributed by atoms with Crippen LogP contribution in [0, 0.1) is 0 Å². The maximum atomic E-state index is 11.9. The molecule has 122 valence electrons. The molecule has 1 aromatic rings. The normalized spacial score (nSPS) is 11.0. The van der Waals surface area contributed by atoms with Gasteiger partial charge in [0.2, 0.25) is 10.0 Å². The molecule has 0 aliphatic carbocycles. The number of nitrogens with one attached hydrogen (secondary N) is 3. The summed E-state index contributed by atoms with van der Waals surface area (Å²) in [4.78, 5) is 21.9. The van der Waals surface area contributed by atoms with Crippen LogP contribution in [-0.4, -0.2) is 38.6 Å². The fourth-order valence-corrected chi connectivity index (χ4v) is 2.63. The lowest BCUT2D eigenvalue weighted by Gasteiger charge is -2.08. The third kappa shape index (κ3) is 6.10. The van der Waals surface area contributed by atoms with E-state index in [0.717, 1.165) is 0 Å². The van der Waals surface area contributed by atoms with Crippen LogP contribution < -0.4 is 15.4 Å². The van der Waals surface area contributed by atoms with Gasteiger partial charge in [0.05, 0.1) is 11.3 Å². The van der Waals surface area contributed by atoms with Crippen molar-refractivity contribution in [2.75, 3.05) is 18.4 Å². The number of sulfonamides is 1. The second kappa shape index (κ2) is 8.35. The first-order valence-corrected chi connectivity index (χ1v) is 8.20. The van der Waals surface area contributed by atoms with E-state index in [-0.39, 0.29) is 17.9 Å². The van der Waals surface area contributed by atoms with Crippen LogP contribution in [0.3, 0.4) is 0 Å². The van der Waals surface area contributed by atoms with Crippen LogP contribution in [0.25, 0.3) is 0 Å². The van der Waals surface area contributed by atoms with Gasteiger partial charge in [0.25, 0.3) is 0 Å². The van der Waals surface area contributed by atoms with E-state index >= 15 is 0 Å². The van der Waals surface area contributed by atoms with E-state index < -0.39 is 22.0 Å². The Labute approximate surface area is 129 Å². The Morgan fingerprint density at radius 1 is 1.14 bits per heavy atom. The number of carbonyl (C=O) groups is 2. The van der Waals surface area contributed by atoms with Crippen LogP contribution in [-0.2, 0) is 14.8 Å². The molecule has 0 radical (unpaired) electrons. The Morgan fingerprint density at radius 2 is 1.77 bits per heavy atom. The molecule has 0 fully saturated rings. The van der Waals surface area contributed by atoms with Gasteiger partial charge in [0.15, 0.2) is 0 Å². The number of carbonyl (C=O) groups excluding carboxylic acids is 1. The zero-order chi connectivity index (χ0) is 16.6. The van der Waals surface area contributed by atoms with Crippen LogP contribution >= 0.6 is 0 Å². The average Bonchev–Trinajstić information content (AvgIpc) is 2.45. The molecule has 0 spiro atoms. The highest BCUT2D eigenvalue weighted by Crippen LogP contribution is 2.13. The van der Waals surface area contributed by atoms with Crippen molar-refractivity contribution in [3.05, 3.63) is 24.3 Å². The summed E-state index contributed by atoms with van der Waals surface area (Å²) in [5.41, 5.74) is 0.405. The van der Waals surface area contributed by atoms with E-state index in [1.165, 1.54) is 24.3 Å². The van der Waals surface area contributed by atoms with E-state index in [9.17, 15) is 18.0 Å². The van der Waals surface area contributed by atoms with E-state index in [0.29, 0.717) is 18.7 Å². The average molecular weight is 329 g/mol. The number of amides is 2. The predicted molar refractivity (Wildman–Crippen MR) is 81.2 cm³/mol. The highest BCUT2D eigenvalue weighted by atomic mass is 32.2. The Kier molecular flexibility index (Phi) is 6.80. The van der Waals surface area contributed by atoms with Crippen molar-refractivity contribution in [2.24, 2.45) is 0 Å². The molecule has 0 aliphatic rings. The molecule has 1 rings (SSSR count). The first kappa shape index (κ1) is 17.9. The van der Waals surface area contributed by atoms with Crippen molar-refractivity contribution in [3.63, 3.8) is 0 Å². The van der Waals surface area contributed by atoms with Crippen molar-refractivity contribution in [2.45, 2.75) is 24.7 Å². The van der Waals surface area contributed by atoms with Crippen LogP contribution in [0.15, 0.2) is 29.2 Å². The Morgan fingerprint density at radius 3 is 2.32 bits per heavy atom. The molecule has 0 unspecified atom stereocenters. The van der Waals surface area contributed by atoms with Crippen molar-refractivity contribution >= 4 is 27.7 Å². The summed E-state index contributed by atoms with van der Waals surface area (Å²) in [5.74, 6) is -1.01. The molecular formula is C13H19N3O5S. The van der Waals surface area contributed by atoms with Crippen molar-refractivity contribution in [3.8, 4) is 0 Å². The molecule has 8 nitrogen and oxygen atoms in total. The Bertz CT molecular complexity index is 613. The fraction of sp³-hybridized carbons (Fsp3) is 0.385. The zero-order valence-electron chi connectivity index (χ0n) is 12.1. The van der Waals surface area contributed by atoms with Crippen molar-refractivity contribution < 1.29 is 23.1 Å². The number of rotatable bonds is 8. The molecular weight excluding hydrogens is 310 g/mol. The second-order valence-corrected chi connectivity index (χ2v) is 6.21. The van der Waals surface area contributed by atoms with E-state index in [2.05, 4.69) is 15.4 Å². The number of aliphatic carboxylic acids is 1. The van der Waals surface area contributed by atoms with Gasteiger partial charge in [0, 0.05) is 18.8 Å². The number of urea groups is 1. The van der Waals surface area contributed by atoms with Crippen molar-refractivity contribution in [1.29, 1.82) is 0 Å². The van der Waals surface area contributed by atoms with Gasteiger partial charge in [-0.1, -0.05) is 6.92 Å². The van der Waals surface area contributed by atoms with Gasteiger partial charge in [-0.15, -0.1) is 0 Å². The lowest BCUT2D eigenvalue weighted by Crippen LogP contribution is -2.30. The van der Waals surface area contributed by atoms with Crippen molar-refractivity contribution in [1.82, 2.24) is 10.0 Å². The van der Waals surface area contributed by atoms with E-state index in [1.54, 1.807) is 0 Å². The first-order chi connectivity index (χ1) is 10.3. The maximum Gasteiger partial charge on any atom is 0.319 e. The lowest BCUT2D eigenvalue weighted by atomic mass is 10.3. The van der Waals surface area contributed by atoms with Crippen LogP contribution in [0.1, 0.15) is 19.8 Å². The third-order valence-corrected chi connectivity index (χ3v) is 4.07. The van der Waals surface area contributed by atoms with Crippen LogP contribution in [0.2, 0.25) is 0 Å². The first-order valence-electron chi connectivity index (χ1n) is 6.71. The molecule has 1 aromatic carbocycles. The number of carboxylic acids is 1. The van der Waals surface area contributed by atoms with Crippen LogP contribution in [0.4, 0.5) is 10.5 Å². The number of hydrogen-bond acceptors (Lipinski definition) is 4. The lowest BCUT2D eigenvalue weighted by molar-refractivity contribution is -0.136. The number of benzene rings is 1. The fourth-order valence-electron chi connectivity index (χ4n) is 1.50. The number of anilines is 1. The molecule has 0 atom stereocenters. The molecule has 9 heteroatoms. The minimum Gasteiger partial charge on any atom is -0.481 e. The summed E-state index contributed by atoms with van der Waals surface area (Å²) < 4.78 is 26.2. The smallest absolute Gasteiger partial charge is 0.319 e. The largest absolute Gasteiger partial charge is 0.481 e. The van der Waals surface area contributed by atoms with Gasteiger partial charge in [-0.25, -0.2) is 17.9 Å². The topological polar surface area (TPSA) is 125 Å². The Hall–Kier alpha value is -2.13. The monoisotopic (exact) mass is 329 g/mol. The standard InChI is InChI=1S/C13H19N3O5S/c1-2-8-15-22(20,21)11-5-3-10(4-6-11)16-13(19)14-9-7-12(17)18/h3-6,15H,2,7-9H2,1H3,(H,17,18)(H2,14,16,19). The quantitative estimate of drug-likeness (QED) is 0.565. The minimum absolute atomic E-state index is 0.00850. The van der Waals surface area contributed by atoms with Gasteiger partial charge < -0.3 is 15.7 Å². The molecule has 0 bridgehead atoms. The maximum absolute atomic E-state index is 11.9. The SMILES string of the molecule is CCCNS(=O)(=O)c1ccc(NC(=O)NCCC(=O)O)cc1. The number of carboxylic acid groups (broad SMARTS) is 1. The molecule has 0 aromatic heterocycles. The molecule has 2 amide bonds. The summed E-state index contributed by atoms with van der Waals surface area (Å²) in [6, 6.07) is 5.12. The summed E-state index contributed by atoms with van der Waals surface area (Å²) >= 11 is 0. The highest BCUT2D eigenvalue weighted by Gasteiger charge is 2.12. The van der Waals surface area contributed by atoms with Gasteiger partial charge >= 0.3 is 12.0 Å². The third-order valence-electron chi connectivity index (χ3n) is 2.59. The van der Waals surface area contributed by atoms with Gasteiger partial charge in [-0.2, -0.15) is 0 Å². The predicted octanol–water partition coefficient (Wildman–Crippen LogP) is 0.971. The zero-order valence-corrected chi connectivity index (χ0v) is 12.9. The molecule has 0 heterocycles. The van der Waals surface area contributed by atoms with Gasteiger partial charge in [-0.3, -0.25) is 4.79 Å². The van der Waals surface area contributed by atoms with Crippen LogP contribution in [0.5, 0.6) is 0 Å². The number of hydrogen-bond donors (Lipinski definition) is 4. The molecule has 0 aliphatic heterocycles. The summed E-state index contributed by atoms with van der Waals surface area (Å²) in [7, 11) is -3.53.